The number of hydrogen-bond acceptors (Lipinski definition) is 4. The van der Waals surface area contributed by atoms with Gasteiger partial charge in [-0.1, -0.05) is 48.5 Å². The van der Waals surface area contributed by atoms with Crippen molar-refractivity contribution in [3.8, 4) is 56.4 Å². The van der Waals surface area contributed by atoms with Gasteiger partial charge in [-0.25, -0.2) is 0 Å². The minimum Gasteiger partial charge on any atom is -0.484 e. The van der Waals surface area contributed by atoms with Gasteiger partial charge in [-0.05, 0) is 158 Å². The summed E-state index contributed by atoms with van der Waals surface area (Å²) in [5.74, 6) is 2.94. The lowest BCUT2D eigenvalue weighted by atomic mass is 9.87. The minimum absolute atomic E-state index is 0.359. The van der Waals surface area contributed by atoms with Gasteiger partial charge in [0.05, 0.1) is 0 Å². The minimum atomic E-state index is -0.394. The molecule has 0 aromatic heterocycles. The van der Waals surface area contributed by atoms with Crippen molar-refractivity contribution in [2.24, 2.45) is 0 Å². The van der Waals surface area contributed by atoms with Crippen molar-refractivity contribution >= 4 is 0 Å². The van der Waals surface area contributed by atoms with Crippen molar-refractivity contribution in [3.05, 3.63) is 83.9 Å². The predicted molar refractivity (Wildman–Crippen MR) is 187 cm³/mol. The van der Waals surface area contributed by atoms with E-state index in [1.54, 1.807) is 0 Å². The SMILES string of the molecule is CC(C)(C)Oc1ccc(-c2ccc3c(c2-c2ccc(OC(C)(C)C)c(OC(C)(C)C)c2)Cc2ccccc2-3)cc1OC(C)(C)C. The summed E-state index contributed by atoms with van der Waals surface area (Å²) in [6, 6.07) is 25.9. The highest BCUT2D eigenvalue weighted by Gasteiger charge is 2.28. The molecule has 5 rings (SSSR count). The summed E-state index contributed by atoms with van der Waals surface area (Å²) in [6.07, 6.45) is 0.862. The fourth-order valence-electron chi connectivity index (χ4n) is 5.77. The van der Waals surface area contributed by atoms with Gasteiger partial charge in [0.15, 0.2) is 23.0 Å². The average Bonchev–Trinajstić information content (AvgIpc) is 3.26. The Morgan fingerprint density at radius 3 is 1.40 bits per heavy atom. The first kappa shape index (κ1) is 32.5. The van der Waals surface area contributed by atoms with E-state index in [1.165, 1.54) is 27.8 Å². The van der Waals surface area contributed by atoms with E-state index in [9.17, 15) is 0 Å². The van der Waals surface area contributed by atoms with E-state index >= 15 is 0 Å². The molecule has 0 fully saturated rings. The molecule has 0 heterocycles. The van der Waals surface area contributed by atoms with Gasteiger partial charge >= 0.3 is 0 Å². The van der Waals surface area contributed by atoms with E-state index in [1.807, 2.05) is 6.07 Å². The zero-order chi connectivity index (χ0) is 32.9. The van der Waals surface area contributed by atoms with Crippen LogP contribution in [0, 0.1) is 0 Å². The Kier molecular flexibility index (Phi) is 8.27. The van der Waals surface area contributed by atoms with Gasteiger partial charge < -0.3 is 18.9 Å². The van der Waals surface area contributed by atoms with E-state index in [0.717, 1.165) is 46.1 Å². The Bertz CT molecular complexity index is 1700. The Morgan fingerprint density at radius 1 is 0.422 bits per heavy atom. The molecule has 4 aromatic rings. The predicted octanol–water partition coefficient (Wildman–Crippen LogP) is 11.3. The topological polar surface area (TPSA) is 36.9 Å². The van der Waals surface area contributed by atoms with Crippen LogP contribution in [0.2, 0.25) is 0 Å². The van der Waals surface area contributed by atoms with Crippen LogP contribution < -0.4 is 18.9 Å². The van der Waals surface area contributed by atoms with Gasteiger partial charge in [0.25, 0.3) is 0 Å². The summed E-state index contributed by atoms with van der Waals surface area (Å²) in [5, 5.41) is 0. The zero-order valence-electron chi connectivity index (χ0n) is 29.3. The molecule has 0 unspecified atom stereocenters. The monoisotopic (exact) mass is 606 g/mol. The Morgan fingerprint density at radius 2 is 0.867 bits per heavy atom. The number of hydrogen-bond donors (Lipinski definition) is 0. The molecule has 0 bridgehead atoms. The fraction of sp³-hybridized carbons (Fsp3) is 0.415. The van der Waals surface area contributed by atoms with Gasteiger partial charge in [0, 0.05) is 0 Å². The number of fused-ring (bicyclic) bond motifs is 3. The van der Waals surface area contributed by atoms with Crippen LogP contribution in [0.15, 0.2) is 72.8 Å². The largest absolute Gasteiger partial charge is 0.484 e. The average molecular weight is 607 g/mol. The van der Waals surface area contributed by atoms with Crippen molar-refractivity contribution in [1.29, 1.82) is 0 Å². The molecule has 0 N–H and O–H groups in total. The molecule has 0 saturated carbocycles. The van der Waals surface area contributed by atoms with Gasteiger partial charge in [0.1, 0.15) is 22.4 Å². The second-order valence-corrected chi connectivity index (χ2v) is 16.0. The zero-order valence-corrected chi connectivity index (χ0v) is 29.3. The first-order valence-electron chi connectivity index (χ1n) is 16.1. The van der Waals surface area contributed by atoms with Crippen LogP contribution in [0.3, 0.4) is 0 Å². The van der Waals surface area contributed by atoms with E-state index < -0.39 is 5.60 Å². The van der Waals surface area contributed by atoms with Crippen molar-refractivity contribution in [1.82, 2.24) is 0 Å². The molecular weight excluding hydrogens is 556 g/mol. The summed E-state index contributed by atoms with van der Waals surface area (Å²) < 4.78 is 25.8. The molecule has 0 aliphatic heterocycles. The van der Waals surface area contributed by atoms with Gasteiger partial charge in [-0.2, -0.15) is 0 Å². The molecular formula is C41H50O4. The van der Waals surface area contributed by atoms with Gasteiger partial charge in [-0.15, -0.1) is 0 Å². The normalized spacial score (nSPS) is 13.2. The van der Waals surface area contributed by atoms with Crippen LogP contribution in [0.5, 0.6) is 23.0 Å². The lowest BCUT2D eigenvalue weighted by Crippen LogP contribution is -2.26. The molecule has 4 aromatic carbocycles. The Balaban J connectivity index is 1.75. The highest BCUT2D eigenvalue weighted by atomic mass is 16.5. The van der Waals surface area contributed by atoms with E-state index in [0.29, 0.717) is 0 Å². The summed E-state index contributed by atoms with van der Waals surface area (Å²) in [5.41, 5.74) is 8.20. The molecule has 4 heteroatoms. The van der Waals surface area contributed by atoms with E-state index in [4.69, 9.17) is 18.9 Å². The summed E-state index contributed by atoms with van der Waals surface area (Å²) >= 11 is 0. The first-order valence-corrected chi connectivity index (χ1v) is 16.1. The molecule has 0 amide bonds. The smallest absolute Gasteiger partial charge is 0.162 e. The molecule has 45 heavy (non-hydrogen) atoms. The highest BCUT2D eigenvalue weighted by molar-refractivity contribution is 5.94. The molecule has 238 valence electrons. The van der Waals surface area contributed by atoms with Crippen molar-refractivity contribution < 1.29 is 18.9 Å². The second kappa shape index (κ2) is 11.5. The number of benzene rings is 4. The van der Waals surface area contributed by atoms with Crippen LogP contribution >= 0.6 is 0 Å². The number of ether oxygens (including phenoxy) is 4. The maximum Gasteiger partial charge on any atom is 0.162 e. The van der Waals surface area contributed by atoms with Gasteiger partial charge in [0.2, 0.25) is 0 Å². The maximum atomic E-state index is 6.54. The third-order valence-corrected chi connectivity index (χ3v) is 7.14. The highest BCUT2D eigenvalue weighted by Crippen LogP contribution is 2.49. The maximum absolute atomic E-state index is 6.54. The van der Waals surface area contributed by atoms with E-state index in [2.05, 4.69) is 150 Å². The summed E-state index contributed by atoms with van der Waals surface area (Å²) in [6.45, 7) is 24.8. The summed E-state index contributed by atoms with van der Waals surface area (Å²) in [4.78, 5) is 0. The fourth-order valence-corrected chi connectivity index (χ4v) is 5.77. The van der Waals surface area contributed by atoms with Crippen LogP contribution in [-0.4, -0.2) is 22.4 Å². The van der Waals surface area contributed by atoms with Crippen molar-refractivity contribution in [2.75, 3.05) is 0 Å². The van der Waals surface area contributed by atoms with Crippen molar-refractivity contribution in [2.45, 2.75) is 112 Å². The molecule has 1 aliphatic rings. The van der Waals surface area contributed by atoms with Gasteiger partial charge in [-0.3, -0.25) is 0 Å². The molecule has 1 aliphatic carbocycles. The lowest BCUT2D eigenvalue weighted by Gasteiger charge is -2.28. The second-order valence-electron chi connectivity index (χ2n) is 16.0. The Labute approximate surface area is 270 Å². The quantitative estimate of drug-likeness (QED) is 0.193. The molecule has 0 radical (unpaired) electrons. The third-order valence-electron chi connectivity index (χ3n) is 7.14. The third kappa shape index (κ3) is 7.84. The summed E-state index contributed by atoms with van der Waals surface area (Å²) in [7, 11) is 0. The first-order chi connectivity index (χ1) is 20.8. The van der Waals surface area contributed by atoms with Crippen LogP contribution in [-0.2, 0) is 6.42 Å². The number of rotatable bonds is 6. The van der Waals surface area contributed by atoms with Crippen molar-refractivity contribution in [3.63, 3.8) is 0 Å². The van der Waals surface area contributed by atoms with Crippen LogP contribution in [0.1, 0.15) is 94.2 Å². The van der Waals surface area contributed by atoms with E-state index in [-0.39, 0.29) is 16.8 Å². The Hall–Kier alpha value is -3.92. The standard InChI is InChI=1S/C41H50O4/c1-38(2,3)42-33-21-17-27(24-35(33)44-40(7,8)9)30-19-20-31-29-16-14-13-15-26(29)23-32(31)37(30)28-18-22-34(43-39(4,5)6)36(25-28)45-41(10,11)12/h13-22,24-25H,23H2,1-12H3. The van der Waals surface area contributed by atoms with Crippen LogP contribution in [0.25, 0.3) is 33.4 Å². The molecule has 0 spiro atoms. The van der Waals surface area contributed by atoms with Crippen LogP contribution in [0.4, 0.5) is 0 Å². The molecule has 0 saturated heterocycles. The molecule has 4 nitrogen and oxygen atoms in total. The molecule has 0 atom stereocenters. The lowest BCUT2D eigenvalue weighted by molar-refractivity contribution is 0.0958.